The molecule has 108 valence electrons. The number of aliphatic hydroxyl groups excluding tert-OH is 1. The van der Waals surface area contributed by atoms with E-state index in [2.05, 4.69) is 0 Å². The third-order valence-corrected chi connectivity index (χ3v) is 3.61. The summed E-state index contributed by atoms with van der Waals surface area (Å²) in [7, 11) is 0. The predicted octanol–water partition coefficient (Wildman–Crippen LogP) is 1.44. The topological polar surface area (TPSA) is 77.8 Å². The Bertz CT molecular complexity index is 500. The molecule has 2 N–H and O–H groups in total. The Hall–Kier alpha value is -1.88. The van der Waals surface area contributed by atoms with Crippen molar-refractivity contribution < 1.29 is 19.8 Å². The van der Waals surface area contributed by atoms with Gasteiger partial charge in [-0.25, -0.2) is 0 Å². The molecule has 0 spiro atoms. The third kappa shape index (κ3) is 3.36. The molecular weight excluding hydrogens is 258 g/mol. The summed E-state index contributed by atoms with van der Waals surface area (Å²) in [6, 6.07) is 7.53. The van der Waals surface area contributed by atoms with E-state index in [1.807, 2.05) is 24.3 Å². The van der Waals surface area contributed by atoms with Crippen LogP contribution in [-0.2, 0) is 16.0 Å². The van der Waals surface area contributed by atoms with E-state index in [0.29, 0.717) is 12.8 Å². The smallest absolute Gasteiger partial charge is 0.308 e. The predicted molar refractivity (Wildman–Crippen MR) is 74.6 cm³/mol. The molecule has 1 aromatic rings. The van der Waals surface area contributed by atoms with Crippen LogP contribution in [0.25, 0.3) is 0 Å². The maximum atomic E-state index is 12.0. The molecule has 0 bridgehead atoms. The van der Waals surface area contributed by atoms with Crippen LogP contribution in [0, 0.1) is 5.92 Å². The van der Waals surface area contributed by atoms with E-state index < -0.39 is 11.9 Å². The molecule has 2 rings (SSSR count). The molecule has 1 fully saturated rings. The molecule has 1 aliphatic heterocycles. The number of rotatable bonds is 5. The van der Waals surface area contributed by atoms with Crippen molar-refractivity contribution in [1.29, 1.82) is 0 Å². The van der Waals surface area contributed by atoms with Gasteiger partial charge >= 0.3 is 5.97 Å². The van der Waals surface area contributed by atoms with Crippen LogP contribution in [0.2, 0.25) is 0 Å². The second-order valence-corrected chi connectivity index (χ2v) is 5.08. The average molecular weight is 277 g/mol. The molecular formula is C15H19NO4. The van der Waals surface area contributed by atoms with Gasteiger partial charge in [-0.3, -0.25) is 9.59 Å². The van der Waals surface area contributed by atoms with Crippen molar-refractivity contribution >= 4 is 17.6 Å². The summed E-state index contributed by atoms with van der Waals surface area (Å²) < 4.78 is 0. The van der Waals surface area contributed by atoms with Crippen LogP contribution in [0.3, 0.4) is 0 Å². The number of nitrogens with zero attached hydrogens (tertiary/aromatic N) is 1. The van der Waals surface area contributed by atoms with E-state index in [0.717, 1.165) is 17.7 Å². The number of aryl methyl sites for hydroxylation is 1. The number of aliphatic hydroxyl groups is 1. The van der Waals surface area contributed by atoms with Crippen LogP contribution >= 0.6 is 0 Å². The van der Waals surface area contributed by atoms with E-state index in [1.54, 1.807) is 4.90 Å². The molecule has 1 atom stereocenters. The van der Waals surface area contributed by atoms with Crippen LogP contribution in [0.1, 0.15) is 24.8 Å². The van der Waals surface area contributed by atoms with Gasteiger partial charge in [0, 0.05) is 25.3 Å². The number of carbonyl (C=O) groups is 2. The molecule has 0 saturated carbocycles. The van der Waals surface area contributed by atoms with Crippen molar-refractivity contribution in [2.45, 2.75) is 25.7 Å². The highest BCUT2D eigenvalue weighted by Gasteiger charge is 2.30. The van der Waals surface area contributed by atoms with Gasteiger partial charge in [0.1, 0.15) is 0 Å². The Morgan fingerprint density at radius 3 is 2.90 bits per heavy atom. The van der Waals surface area contributed by atoms with Crippen molar-refractivity contribution in [2.75, 3.05) is 18.1 Å². The summed E-state index contributed by atoms with van der Waals surface area (Å²) in [4.78, 5) is 24.6. The molecule has 5 nitrogen and oxygen atoms in total. The number of hydrogen-bond acceptors (Lipinski definition) is 3. The van der Waals surface area contributed by atoms with Gasteiger partial charge in [-0.15, -0.1) is 0 Å². The minimum atomic E-state index is -0.848. The normalized spacial score (nSPS) is 19.1. The molecule has 0 radical (unpaired) electrons. The highest BCUT2D eigenvalue weighted by Crippen LogP contribution is 2.25. The van der Waals surface area contributed by atoms with Crippen LogP contribution < -0.4 is 4.90 Å². The minimum Gasteiger partial charge on any atom is -0.481 e. The van der Waals surface area contributed by atoms with Gasteiger partial charge in [0.25, 0.3) is 0 Å². The number of carboxylic acid groups (broad SMARTS) is 1. The fourth-order valence-corrected chi connectivity index (χ4v) is 2.46. The average Bonchev–Trinajstić information content (AvgIpc) is 2.45. The second kappa shape index (κ2) is 6.52. The third-order valence-electron chi connectivity index (χ3n) is 3.61. The van der Waals surface area contributed by atoms with Gasteiger partial charge in [-0.05, 0) is 37.0 Å². The first-order chi connectivity index (χ1) is 9.61. The van der Waals surface area contributed by atoms with Crippen LogP contribution in [-0.4, -0.2) is 35.2 Å². The number of carboxylic acids is 1. The first-order valence-corrected chi connectivity index (χ1v) is 6.85. The lowest BCUT2D eigenvalue weighted by atomic mass is 9.97. The molecule has 20 heavy (non-hydrogen) atoms. The Morgan fingerprint density at radius 2 is 2.20 bits per heavy atom. The zero-order valence-corrected chi connectivity index (χ0v) is 11.3. The maximum Gasteiger partial charge on any atom is 0.308 e. The van der Waals surface area contributed by atoms with Crippen molar-refractivity contribution in [3.63, 3.8) is 0 Å². The zero-order valence-electron chi connectivity index (χ0n) is 11.3. The van der Waals surface area contributed by atoms with Gasteiger partial charge in [0.15, 0.2) is 0 Å². The van der Waals surface area contributed by atoms with Crippen LogP contribution in [0.15, 0.2) is 24.3 Å². The van der Waals surface area contributed by atoms with Crippen molar-refractivity contribution in [3.05, 3.63) is 29.8 Å². The van der Waals surface area contributed by atoms with E-state index in [4.69, 9.17) is 10.2 Å². The molecule has 0 aromatic heterocycles. The molecule has 1 amide bonds. The lowest BCUT2D eigenvalue weighted by molar-refractivity contribution is -0.142. The van der Waals surface area contributed by atoms with Gasteiger partial charge < -0.3 is 15.1 Å². The molecule has 1 heterocycles. The largest absolute Gasteiger partial charge is 0.481 e. The molecule has 5 heteroatoms. The molecule has 1 unspecified atom stereocenters. The Balaban J connectivity index is 2.16. The number of amides is 1. The quantitative estimate of drug-likeness (QED) is 0.853. The maximum absolute atomic E-state index is 12.0. The minimum absolute atomic E-state index is 0.0261. The van der Waals surface area contributed by atoms with Crippen molar-refractivity contribution in [3.8, 4) is 0 Å². The Labute approximate surface area is 117 Å². The Morgan fingerprint density at radius 1 is 1.40 bits per heavy atom. The van der Waals surface area contributed by atoms with Gasteiger partial charge in [-0.2, -0.15) is 0 Å². The second-order valence-electron chi connectivity index (χ2n) is 5.08. The molecule has 1 aliphatic rings. The highest BCUT2D eigenvalue weighted by atomic mass is 16.4. The van der Waals surface area contributed by atoms with Crippen LogP contribution in [0.4, 0.5) is 5.69 Å². The van der Waals surface area contributed by atoms with E-state index >= 15 is 0 Å². The number of aliphatic carboxylic acids is 1. The van der Waals surface area contributed by atoms with Crippen molar-refractivity contribution in [2.24, 2.45) is 5.92 Å². The van der Waals surface area contributed by atoms with E-state index in [1.165, 1.54) is 0 Å². The number of piperidine rings is 1. The highest BCUT2D eigenvalue weighted by molar-refractivity contribution is 5.95. The molecule has 0 aliphatic carbocycles. The fourth-order valence-electron chi connectivity index (χ4n) is 2.46. The first-order valence-electron chi connectivity index (χ1n) is 6.85. The number of benzene rings is 1. The van der Waals surface area contributed by atoms with E-state index in [-0.39, 0.29) is 25.5 Å². The van der Waals surface area contributed by atoms with Gasteiger partial charge in [0.05, 0.1) is 5.92 Å². The molecule has 1 aromatic carbocycles. The summed E-state index contributed by atoms with van der Waals surface area (Å²) in [6.07, 6.45) is 2.11. The summed E-state index contributed by atoms with van der Waals surface area (Å²) in [5, 5.41) is 17.9. The summed E-state index contributed by atoms with van der Waals surface area (Å²) >= 11 is 0. The first kappa shape index (κ1) is 14.5. The summed E-state index contributed by atoms with van der Waals surface area (Å²) in [6.45, 7) is 0.367. The van der Waals surface area contributed by atoms with Crippen LogP contribution in [0.5, 0.6) is 0 Å². The Kier molecular flexibility index (Phi) is 4.74. The SMILES string of the molecule is O=C(O)C1CCC(=O)N(c2cccc(CCCO)c2)C1. The number of anilines is 1. The number of hydrogen-bond donors (Lipinski definition) is 2. The monoisotopic (exact) mass is 277 g/mol. The standard InChI is InChI=1S/C15H19NO4/c17-8-2-4-11-3-1-5-13(9-11)16-10-12(15(19)20)6-7-14(16)18/h1,3,5,9,12,17H,2,4,6-8,10H2,(H,19,20). The van der Waals surface area contributed by atoms with Gasteiger partial charge in [0.2, 0.25) is 5.91 Å². The number of carbonyl (C=O) groups excluding carboxylic acids is 1. The summed E-state index contributed by atoms with van der Waals surface area (Å²) in [5.74, 6) is -1.37. The lowest BCUT2D eigenvalue weighted by Crippen LogP contribution is -2.42. The van der Waals surface area contributed by atoms with E-state index in [9.17, 15) is 9.59 Å². The fraction of sp³-hybridized carbons (Fsp3) is 0.467. The zero-order chi connectivity index (χ0) is 14.5. The van der Waals surface area contributed by atoms with Crippen molar-refractivity contribution in [1.82, 2.24) is 0 Å². The molecule has 1 saturated heterocycles. The summed E-state index contributed by atoms with van der Waals surface area (Å²) in [5.41, 5.74) is 1.79. The lowest BCUT2D eigenvalue weighted by Gasteiger charge is -2.31. The van der Waals surface area contributed by atoms with Gasteiger partial charge in [-0.1, -0.05) is 12.1 Å².